The van der Waals surface area contributed by atoms with E-state index in [1.54, 1.807) is 23.6 Å². The third-order valence-electron chi connectivity index (χ3n) is 1.59. The lowest BCUT2D eigenvalue weighted by molar-refractivity contribution is 0.602. The number of fused-ring (bicyclic) bond motifs is 1. The van der Waals surface area contributed by atoms with Crippen molar-refractivity contribution in [3.05, 3.63) is 35.1 Å². The molecule has 0 saturated heterocycles. The van der Waals surface area contributed by atoms with Gasteiger partial charge >= 0.3 is 0 Å². The van der Waals surface area contributed by atoms with E-state index in [0.29, 0.717) is 4.90 Å². The average molecular weight is 198 g/mol. The van der Waals surface area contributed by atoms with E-state index in [4.69, 9.17) is 0 Å². The number of benzene rings is 1. The predicted octanol–water partition coefficient (Wildman–Crippen LogP) is 2.04. The monoisotopic (exact) mass is 198 g/mol. The average Bonchev–Trinajstić information content (AvgIpc) is 2.04. The maximum atomic E-state index is 11.4. The number of hydrogen-bond acceptors (Lipinski definition) is 3. The Morgan fingerprint density at radius 1 is 1.17 bits per heavy atom. The lowest BCUT2D eigenvalue weighted by Crippen LogP contribution is -2.00. The van der Waals surface area contributed by atoms with Crippen LogP contribution in [0, 0.1) is 0 Å². The standard InChI is InChI=1S/C8H6O2S2/c9-12(10)6-5-11-7-3-1-2-4-8(7)12/h1-6H. The molecule has 0 amide bonds. The molecular weight excluding hydrogens is 192 g/mol. The Kier molecular flexibility index (Phi) is 1.73. The minimum Gasteiger partial charge on any atom is -0.219 e. The summed E-state index contributed by atoms with van der Waals surface area (Å²) in [5, 5.41) is 2.83. The largest absolute Gasteiger partial charge is 0.219 e. The van der Waals surface area contributed by atoms with E-state index in [1.165, 1.54) is 17.2 Å². The summed E-state index contributed by atoms with van der Waals surface area (Å²) >= 11 is 1.43. The molecule has 0 bridgehead atoms. The zero-order chi connectivity index (χ0) is 8.60. The Labute approximate surface area is 75.2 Å². The highest BCUT2D eigenvalue weighted by atomic mass is 32.2. The molecule has 1 aromatic carbocycles. The van der Waals surface area contributed by atoms with Gasteiger partial charge in [-0.05, 0) is 17.5 Å². The van der Waals surface area contributed by atoms with Crippen molar-refractivity contribution in [2.24, 2.45) is 0 Å². The molecular formula is C8H6O2S2. The van der Waals surface area contributed by atoms with Crippen molar-refractivity contribution in [1.29, 1.82) is 0 Å². The summed E-state index contributed by atoms with van der Waals surface area (Å²) in [6, 6.07) is 7.00. The van der Waals surface area contributed by atoms with E-state index in [0.717, 1.165) is 4.90 Å². The van der Waals surface area contributed by atoms with Crippen molar-refractivity contribution in [2.75, 3.05) is 0 Å². The van der Waals surface area contributed by atoms with Crippen LogP contribution < -0.4 is 0 Å². The quantitative estimate of drug-likeness (QED) is 0.639. The second-order valence-corrected chi connectivity index (χ2v) is 5.13. The van der Waals surface area contributed by atoms with Gasteiger partial charge in [-0.3, -0.25) is 0 Å². The molecule has 0 N–H and O–H groups in total. The molecule has 1 aliphatic heterocycles. The number of sulfone groups is 1. The van der Waals surface area contributed by atoms with Gasteiger partial charge in [0.05, 0.1) is 4.90 Å². The van der Waals surface area contributed by atoms with Crippen molar-refractivity contribution in [2.45, 2.75) is 9.79 Å². The number of thioether (sulfide) groups is 1. The molecule has 0 aromatic heterocycles. The number of hydrogen-bond donors (Lipinski definition) is 0. The first-order valence-electron chi connectivity index (χ1n) is 3.37. The first kappa shape index (κ1) is 7.89. The van der Waals surface area contributed by atoms with Crippen LogP contribution in [0.15, 0.2) is 44.9 Å². The molecule has 2 rings (SSSR count). The van der Waals surface area contributed by atoms with Crippen molar-refractivity contribution < 1.29 is 8.42 Å². The lowest BCUT2D eigenvalue weighted by atomic mass is 10.4. The van der Waals surface area contributed by atoms with E-state index in [1.807, 2.05) is 6.07 Å². The molecule has 12 heavy (non-hydrogen) atoms. The van der Waals surface area contributed by atoms with Gasteiger partial charge in [-0.1, -0.05) is 23.9 Å². The molecule has 0 fully saturated rings. The summed E-state index contributed by atoms with van der Waals surface area (Å²) < 4.78 is 22.7. The zero-order valence-electron chi connectivity index (χ0n) is 6.10. The third-order valence-corrected chi connectivity index (χ3v) is 4.23. The van der Waals surface area contributed by atoms with Crippen LogP contribution in [0.4, 0.5) is 0 Å². The third kappa shape index (κ3) is 1.17. The van der Waals surface area contributed by atoms with Crippen molar-refractivity contribution in [3.63, 3.8) is 0 Å². The Morgan fingerprint density at radius 2 is 1.92 bits per heavy atom. The fraction of sp³-hybridized carbons (Fsp3) is 0. The van der Waals surface area contributed by atoms with Gasteiger partial charge in [0.15, 0.2) is 0 Å². The molecule has 0 atom stereocenters. The zero-order valence-corrected chi connectivity index (χ0v) is 7.73. The van der Waals surface area contributed by atoms with E-state index in [2.05, 4.69) is 0 Å². The highest BCUT2D eigenvalue weighted by Crippen LogP contribution is 2.32. The minimum absolute atomic E-state index is 0.414. The highest BCUT2D eigenvalue weighted by Gasteiger charge is 2.18. The molecule has 1 heterocycles. The maximum Gasteiger partial charge on any atom is 0.201 e. The molecule has 1 aliphatic rings. The fourth-order valence-corrected chi connectivity index (χ4v) is 3.58. The van der Waals surface area contributed by atoms with Crippen LogP contribution in [0.1, 0.15) is 0 Å². The van der Waals surface area contributed by atoms with Gasteiger partial charge < -0.3 is 0 Å². The van der Waals surface area contributed by atoms with Crippen LogP contribution in [0.3, 0.4) is 0 Å². The van der Waals surface area contributed by atoms with Crippen molar-refractivity contribution >= 4 is 21.6 Å². The molecule has 62 valence electrons. The van der Waals surface area contributed by atoms with Gasteiger partial charge in [-0.15, -0.1) is 0 Å². The topological polar surface area (TPSA) is 34.1 Å². The Hall–Kier alpha value is -0.740. The summed E-state index contributed by atoms with van der Waals surface area (Å²) in [6.45, 7) is 0. The Balaban J connectivity index is 2.75. The summed E-state index contributed by atoms with van der Waals surface area (Å²) in [7, 11) is -3.14. The molecule has 1 aromatic rings. The highest BCUT2D eigenvalue weighted by molar-refractivity contribution is 8.05. The van der Waals surface area contributed by atoms with Gasteiger partial charge in [-0.2, -0.15) is 0 Å². The molecule has 0 aliphatic carbocycles. The van der Waals surface area contributed by atoms with E-state index in [-0.39, 0.29) is 0 Å². The normalized spacial score (nSPS) is 18.7. The molecule has 4 heteroatoms. The fourth-order valence-electron chi connectivity index (χ4n) is 1.03. The first-order valence-corrected chi connectivity index (χ1v) is 5.80. The van der Waals surface area contributed by atoms with Gasteiger partial charge in [0.2, 0.25) is 9.84 Å². The van der Waals surface area contributed by atoms with Gasteiger partial charge in [0, 0.05) is 10.3 Å². The molecule has 0 spiro atoms. The van der Waals surface area contributed by atoms with Crippen molar-refractivity contribution in [1.82, 2.24) is 0 Å². The lowest BCUT2D eigenvalue weighted by Gasteiger charge is -2.08. The summed E-state index contributed by atoms with van der Waals surface area (Å²) in [6.07, 6.45) is 0. The second kappa shape index (κ2) is 2.64. The van der Waals surface area contributed by atoms with Gasteiger partial charge in [0.25, 0.3) is 0 Å². The maximum absolute atomic E-state index is 11.4. The summed E-state index contributed by atoms with van der Waals surface area (Å²) in [5.41, 5.74) is 0. The smallest absolute Gasteiger partial charge is 0.201 e. The Morgan fingerprint density at radius 3 is 2.67 bits per heavy atom. The molecule has 0 unspecified atom stereocenters. The van der Waals surface area contributed by atoms with E-state index >= 15 is 0 Å². The van der Waals surface area contributed by atoms with Crippen LogP contribution in [-0.4, -0.2) is 8.42 Å². The summed E-state index contributed by atoms with van der Waals surface area (Å²) in [5.74, 6) is 0. The molecule has 0 radical (unpaired) electrons. The summed E-state index contributed by atoms with van der Waals surface area (Å²) in [4.78, 5) is 1.22. The first-order chi connectivity index (χ1) is 5.70. The Bertz CT molecular complexity index is 432. The van der Waals surface area contributed by atoms with Crippen molar-refractivity contribution in [3.8, 4) is 0 Å². The SMILES string of the molecule is O=S1(=O)C=CSc2ccccc21. The molecule has 0 saturated carbocycles. The van der Waals surface area contributed by atoms with Crippen LogP contribution in [-0.2, 0) is 9.84 Å². The van der Waals surface area contributed by atoms with Crippen LogP contribution in [0.5, 0.6) is 0 Å². The molecule has 2 nitrogen and oxygen atoms in total. The van der Waals surface area contributed by atoms with Crippen LogP contribution >= 0.6 is 11.8 Å². The van der Waals surface area contributed by atoms with Crippen LogP contribution in [0.2, 0.25) is 0 Å². The van der Waals surface area contributed by atoms with E-state index < -0.39 is 9.84 Å². The second-order valence-electron chi connectivity index (χ2n) is 2.38. The number of rotatable bonds is 0. The van der Waals surface area contributed by atoms with Crippen LogP contribution in [0.25, 0.3) is 0 Å². The minimum atomic E-state index is -3.14. The van der Waals surface area contributed by atoms with E-state index in [9.17, 15) is 8.42 Å². The van der Waals surface area contributed by atoms with Gasteiger partial charge in [-0.25, -0.2) is 8.42 Å². The predicted molar refractivity (Wildman–Crippen MR) is 48.6 cm³/mol. The van der Waals surface area contributed by atoms with Gasteiger partial charge in [0.1, 0.15) is 0 Å².